The van der Waals surface area contributed by atoms with Gasteiger partial charge < -0.3 is 10.6 Å². The molecule has 0 spiro atoms. The summed E-state index contributed by atoms with van der Waals surface area (Å²) in [7, 11) is 0. The van der Waals surface area contributed by atoms with E-state index in [0.717, 1.165) is 21.9 Å². The van der Waals surface area contributed by atoms with Crippen LogP contribution < -0.4 is 10.6 Å². The maximum Gasteiger partial charge on any atom is 0.105 e. The van der Waals surface area contributed by atoms with E-state index in [0.29, 0.717) is 4.99 Å². The second-order valence-electron chi connectivity index (χ2n) is 5.38. The predicted octanol–water partition coefficient (Wildman–Crippen LogP) is 3.32. The first-order valence-electron chi connectivity index (χ1n) is 6.49. The third-order valence-corrected chi connectivity index (χ3v) is 5.19. The van der Waals surface area contributed by atoms with Crippen molar-refractivity contribution in [3.63, 3.8) is 0 Å². The van der Waals surface area contributed by atoms with E-state index in [1.807, 2.05) is 6.07 Å². The molecule has 1 aromatic rings. The van der Waals surface area contributed by atoms with Gasteiger partial charge in [-0.2, -0.15) is 0 Å². The van der Waals surface area contributed by atoms with E-state index in [1.54, 1.807) is 0 Å². The molecule has 1 saturated carbocycles. The van der Waals surface area contributed by atoms with Crippen molar-refractivity contribution in [1.82, 2.24) is 0 Å². The molecular formula is C14H17BrN2S. The summed E-state index contributed by atoms with van der Waals surface area (Å²) in [6, 6.07) is 6.31. The van der Waals surface area contributed by atoms with Crippen LogP contribution >= 0.6 is 28.1 Å². The molecule has 2 fully saturated rings. The van der Waals surface area contributed by atoms with Crippen LogP contribution in [0.3, 0.4) is 0 Å². The van der Waals surface area contributed by atoms with Crippen molar-refractivity contribution >= 4 is 38.8 Å². The molecule has 18 heavy (non-hydrogen) atoms. The molecule has 2 unspecified atom stereocenters. The molecule has 1 heterocycles. The van der Waals surface area contributed by atoms with Crippen LogP contribution in [-0.4, -0.2) is 18.1 Å². The molecule has 3 rings (SSSR count). The van der Waals surface area contributed by atoms with Crippen LogP contribution in [0.5, 0.6) is 0 Å². The molecule has 1 aliphatic heterocycles. The van der Waals surface area contributed by atoms with Crippen molar-refractivity contribution in [3.8, 4) is 0 Å². The Bertz CT molecular complexity index is 477. The fourth-order valence-corrected chi connectivity index (χ4v) is 4.24. The van der Waals surface area contributed by atoms with Crippen LogP contribution in [0.1, 0.15) is 24.8 Å². The zero-order valence-corrected chi connectivity index (χ0v) is 12.6. The number of fused-ring (bicyclic) bond motifs is 1. The Hall–Kier alpha value is -0.610. The lowest BCUT2D eigenvalue weighted by atomic mass is 10.0. The smallest absolute Gasteiger partial charge is 0.105 e. The number of thiocarbonyl (C=S) groups is 1. The predicted molar refractivity (Wildman–Crippen MR) is 83.1 cm³/mol. The maximum absolute atomic E-state index is 5.68. The Kier molecular flexibility index (Phi) is 3.32. The molecule has 4 heteroatoms. The van der Waals surface area contributed by atoms with Crippen LogP contribution in [-0.2, 0) is 0 Å². The Morgan fingerprint density at radius 2 is 1.94 bits per heavy atom. The van der Waals surface area contributed by atoms with Crippen LogP contribution in [0, 0.1) is 11.8 Å². The highest BCUT2D eigenvalue weighted by atomic mass is 79.9. The van der Waals surface area contributed by atoms with E-state index < -0.39 is 0 Å². The fourth-order valence-electron chi connectivity index (χ4n) is 3.35. The van der Waals surface area contributed by atoms with Gasteiger partial charge in [0.15, 0.2) is 0 Å². The minimum atomic E-state index is 0.451. The molecule has 0 amide bonds. The second kappa shape index (κ2) is 4.82. The molecular weight excluding hydrogens is 308 g/mol. The number of hydrogen-bond donors (Lipinski definition) is 1. The third-order valence-electron chi connectivity index (χ3n) is 4.31. The van der Waals surface area contributed by atoms with Gasteiger partial charge in [-0.25, -0.2) is 0 Å². The zero-order valence-electron chi connectivity index (χ0n) is 10.2. The fraction of sp³-hybridized carbons (Fsp3) is 0.500. The lowest BCUT2D eigenvalue weighted by Gasteiger charge is -2.20. The maximum atomic E-state index is 5.68. The molecule has 1 aliphatic carbocycles. The molecule has 2 nitrogen and oxygen atoms in total. The summed E-state index contributed by atoms with van der Waals surface area (Å²) in [6.45, 7) is 2.42. The highest BCUT2D eigenvalue weighted by molar-refractivity contribution is 9.10. The summed E-state index contributed by atoms with van der Waals surface area (Å²) < 4.78 is 1.00. The number of halogens is 1. The molecule has 2 N–H and O–H groups in total. The summed E-state index contributed by atoms with van der Waals surface area (Å²) in [4.78, 5) is 2.95. The molecule has 1 saturated heterocycles. The van der Waals surface area contributed by atoms with Gasteiger partial charge >= 0.3 is 0 Å². The third kappa shape index (κ3) is 2.16. The Morgan fingerprint density at radius 1 is 1.28 bits per heavy atom. The van der Waals surface area contributed by atoms with Crippen molar-refractivity contribution in [3.05, 3.63) is 28.2 Å². The SMILES string of the molecule is NC(=S)c1ccc(N2CC3CCCC3C2)cc1Br. The Morgan fingerprint density at radius 3 is 2.50 bits per heavy atom. The van der Waals surface area contributed by atoms with E-state index in [2.05, 4.69) is 33.0 Å². The summed E-state index contributed by atoms with van der Waals surface area (Å²) in [5.41, 5.74) is 7.89. The lowest BCUT2D eigenvalue weighted by Crippen LogP contribution is -2.21. The van der Waals surface area contributed by atoms with Gasteiger partial charge in [0.2, 0.25) is 0 Å². The lowest BCUT2D eigenvalue weighted by molar-refractivity contribution is 0.494. The van der Waals surface area contributed by atoms with E-state index in [-0.39, 0.29) is 0 Å². The zero-order chi connectivity index (χ0) is 12.7. The summed E-state index contributed by atoms with van der Waals surface area (Å²) in [6.07, 6.45) is 4.24. The van der Waals surface area contributed by atoms with Crippen molar-refractivity contribution < 1.29 is 0 Å². The van der Waals surface area contributed by atoms with Crippen LogP contribution in [0.15, 0.2) is 22.7 Å². The number of rotatable bonds is 2. The first-order chi connectivity index (χ1) is 8.65. The molecule has 0 aromatic heterocycles. The number of nitrogens with two attached hydrogens (primary N) is 1. The number of nitrogens with zero attached hydrogens (tertiary/aromatic N) is 1. The van der Waals surface area contributed by atoms with Crippen molar-refractivity contribution in [2.45, 2.75) is 19.3 Å². The first-order valence-corrected chi connectivity index (χ1v) is 7.69. The normalized spacial score (nSPS) is 26.4. The highest BCUT2D eigenvalue weighted by Gasteiger charge is 2.36. The number of benzene rings is 1. The highest BCUT2D eigenvalue weighted by Crippen LogP contribution is 2.40. The number of anilines is 1. The molecule has 2 aliphatic rings. The molecule has 0 bridgehead atoms. The molecule has 0 radical (unpaired) electrons. The summed E-state index contributed by atoms with van der Waals surface area (Å²) in [5.74, 6) is 1.83. The van der Waals surface area contributed by atoms with Gasteiger partial charge in [-0.3, -0.25) is 0 Å². The van der Waals surface area contributed by atoms with Crippen molar-refractivity contribution in [1.29, 1.82) is 0 Å². The van der Waals surface area contributed by atoms with Gasteiger partial charge in [-0.1, -0.05) is 18.6 Å². The van der Waals surface area contributed by atoms with E-state index in [9.17, 15) is 0 Å². The monoisotopic (exact) mass is 324 g/mol. The van der Waals surface area contributed by atoms with Crippen molar-refractivity contribution in [2.24, 2.45) is 17.6 Å². The van der Waals surface area contributed by atoms with Crippen molar-refractivity contribution in [2.75, 3.05) is 18.0 Å². The first kappa shape index (κ1) is 12.4. The largest absolute Gasteiger partial charge is 0.389 e. The molecule has 1 aromatic carbocycles. The van der Waals surface area contributed by atoms with E-state index in [1.165, 1.54) is 38.0 Å². The number of hydrogen-bond acceptors (Lipinski definition) is 2. The second-order valence-corrected chi connectivity index (χ2v) is 6.68. The summed E-state index contributed by atoms with van der Waals surface area (Å²) >= 11 is 8.59. The summed E-state index contributed by atoms with van der Waals surface area (Å²) in [5, 5.41) is 0. The van der Waals surface area contributed by atoms with Gasteiger partial charge in [-0.05, 0) is 58.8 Å². The minimum Gasteiger partial charge on any atom is -0.389 e. The molecule has 2 atom stereocenters. The van der Waals surface area contributed by atoms with Gasteiger partial charge in [0.1, 0.15) is 4.99 Å². The van der Waals surface area contributed by atoms with Gasteiger partial charge in [0.05, 0.1) is 0 Å². The minimum absolute atomic E-state index is 0.451. The van der Waals surface area contributed by atoms with Gasteiger partial charge in [0, 0.05) is 28.8 Å². The average Bonchev–Trinajstić information content (AvgIpc) is 2.87. The Labute approximate surface area is 122 Å². The van der Waals surface area contributed by atoms with E-state index >= 15 is 0 Å². The quantitative estimate of drug-likeness (QED) is 0.846. The molecule has 96 valence electrons. The van der Waals surface area contributed by atoms with Crippen LogP contribution in [0.25, 0.3) is 0 Å². The van der Waals surface area contributed by atoms with Gasteiger partial charge in [-0.15, -0.1) is 0 Å². The van der Waals surface area contributed by atoms with Crippen LogP contribution in [0.2, 0.25) is 0 Å². The Balaban J connectivity index is 1.81. The van der Waals surface area contributed by atoms with Crippen LogP contribution in [0.4, 0.5) is 5.69 Å². The van der Waals surface area contributed by atoms with Gasteiger partial charge in [0.25, 0.3) is 0 Å². The average molecular weight is 325 g/mol. The standard InChI is InChI=1S/C14H17BrN2S/c15-13-6-11(4-5-12(13)14(16)18)17-7-9-2-1-3-10(9)8-17/h4-6,9-10H,1-3,7-8H2,(H2,16,18). The topological polar surface area (TPSA) is 29.3 Å². The van der Waals surface area contributed by atoms with E-state index in [4.69, 9.17) is 18.0 Å².